The van der Waals surface area contributed by atoms with Crippen LogP contribution < -0.4 is 4.57 Å². The normalized spacial score (nSPS) is 10.4. The van der Waals surface area contributed by atoms with Gasteiger partial charge < -0.3 is 0 Å². The molecule has 0 saturated carbocycles. The van der Waals surface area contributed by atoms with Gasteiger partial charge in [-0.05, 0) is 42.7 Å². The Kier molecular flexibility index (Phi) is 6.54. The molecule has 2 aromatic carbocycles. The second-order valence-corrected chi connectivity index (χ2v) is 6.44. The maximum absolute atomic E-state index is 2.35. The average Bonchev–Trinajstić information content (AvgIpc) is 2.59. The van der Waals surface area contributed by atoms with Crippen molar-refractivity contribution in [1.82, 2.24) is 0 Å². The van der Waals surface area contributed by atoms with Gasteiger partial charge in [0.15, 0.2) is 0 Å². The molecule has 126 valence electrons. The molecule has 3 aromatic rings. The number of rotatable bonds is 3. The summed E-state index contributed by atoms with van der Waals surface area (Å²) in [6, 6.07) is 19.9. The fraction of sp³-hybridized carbons (Fsp3) is 0.348. The van der Waals surface area contributed by atoms with E-state index in [-0.39, 0.29) is 0 Å². The lowest BCUT2D eigenvalue weighted by Gasteiger charge is -2.08. The summed E-state index contributed by atoms with van der Waals surface area (Å²) in [5, 5.41) is 1.28. The third-order valence-electron chi connectivity index (χ3n) is 4.20. The van der Waals surface area contributed by atoms with Crippen LogP contribution in [0.5, 0.6) is 0 Å². The smallest absolute Gasteiger partial charge is 0.194 e. The van der Waals surface area contributed by atoms with Gasteiger partial charge in [-0.15, -0.1) is 0 Å². The Bertz CT molecular complexity index is 802. The Hall–Kier alpha value is -2.15. The average molecular weight is 321 g/mol. The molecule has 0 saturated heterocycles. The van der Waals surface area contributed by atoms with E-state index < -0.39 is 0 Å². The van der Waals surface area contributed by atoms with Gasteiger partial charge in [0.25, 0.3) is 0 Å². The van der Waals surface area contributed by atoms with Crippen molar-refractivity contribution in [2.75, 3.05) is 0 Å². The minimum atomic E-state index is 1.14. The molecule has 0 spiro atoms. The molecule has 0 aliphatic heterocycles. The number of aromatic nitrogens is 1. The lowest BCUT2D eigenvalue weighted by Crippen LogP contribution is -2.32. The Balaban J connectivity index is 0.000000647. The minimum Gasteiger partial charge on any atom is -0.194 e. The zero-order valence-corrected chi connectivity index (χ0v) is 15.8. The molecule has 1 heterocycles. The Labute approximate surface area is 147 Å². The van der Waals surface area contributed by atoms with E-state index in [1.807, 2.05) is 0 Å². The van der Waals surface area contributed by atoms with Crippen LogP contribution in [0.3, 0.4) is 0 Å². The first kappa shape index (κ1) is 18.2. The molecule has 1 heteroatoms. The van der Waals surface area contributed by atoms with Crippen LogP contribution in [0, 0.1) is 6.92 Å². The Morgan fingerprint density at radius 2 is 1.58 bits per heavy atom. The molecule has 0 amide bonds. The molecule has 0 unspecified atom stereocenters. The van der Waals surface area contributed by atoms with Crippen LogP contribution in [0.1, 0.15) is 44.7 Å². The number of hydrogen-bond acceptors (Lipinski definition) is 0. The highest BCUT2D eigenvalue weighted by Gasteiger charge is 2.15. The van der Waals surface area contributed by atoms with Crippen molar-refractivity contribution in [3.05, 3.63) is 65.7 Å². The summed E-state index contributed by atoms with van der Waals surface area (Å²) in [6.45, 7) is 8.68. The monoisotopic (exact) mass is 320 g/mol. The van der Waals surface area contributed by atoms with Gasteiger partial charge in [0.05, 0.1) is 0 Å². The van der Waals surface area contributed by atoms with E-state index in [0.717, 1.165) is 6.42 Å². The minimum absolute atomic E-state index is 1.14. The highest BCUT2D eigenvalue weighted by atomic mass is 14.9. The van der Waals surface area contributed by atoms with Gasteiger partial charge >= 0.3 is 0 Å². The van der Waals surface area contributed by atoms with Gasteiger partial charge in [0, 0.05) is 23.1 Å². The fourth-order valence-electron chi connectivity index (χ4n) is 3.00. The van der Waals surface area contributed by atoms with E-state index in [1.54, 1.807) is 0 Å². The van der Waals surface area contributed by atoms with Gasteiger partial charge in [-0.3, -0.25) is 0 Å². The first-order chi connectivity index (χ1) is 11.6. The van der Waals surface area contributed by atoms with E-state index in [4.69, 9.17) is 0 Å². The SMILES string of the molecule is CCC.CCCc1ccc(C)c(-c2ccc3ccccc3[n+]2C)c1. The first-order valence-electron chi connectivity index (χ1n) is 9.10. The summed E-state index contributed by atoms with van der Waals surface area (Å²) < 4.78 is 2.30. The third kappa shape index (κ3) is 4.03. The topological polar surface area (TPSA) is 3.88 Å². The zero-order chi connectivity index (χ0) is 17.5. The van der Waals surface area contributed by atoms with Crippen LogP contribution in [-0.2, 0) is 13.5 Å². The number of nitrogens with zero attached hydrogens (tertiary/aromatic N) is 1. The maximum Gasteiger partial charge on any atom is 0.213 e. The molecule has 1 aromatic heterocycles. The number of fused-ring (bicyclic) bond motifs is 1. The van der Waals surface area contributed by atoms with E-state index in [9.17, 15) is 0 Å². The lowest BCUT2D eigenvalue weighted by molar-refractivity contribution is -0.633. The van der Waals surface area contributed by atoms with Gasteiger partial charge in [-0.2, -0.15) is 4.57 Å². The van der Waals surface area contributed by atoms with Crippen LogP contribution in [-0.4, -0.2) is 0 Å². The maximum atomic E-state index is 2.35. The Morgan fingerprint density at radius 3 is 2.29 bits per heavy atom. The molecule has 0 aliphatic rings. The molecule has 1 nitrogen and oxygen atoms in total. The summed E-state index contributed by atoms with van der Waals surface area (Å²) in [4.78, 5) is 0. The molecule has 0 fully saturated rings. The molecular weight excluding hydrogens is 290 g/mol. The molecule has 0 atom stereocenters. The highest BCUT2D eigenvalue weighted by molar-refractivity contribution is 5.77. The second kappa shape index (κ2) is 8.63. The van der Waals surface area contributed by atoms with E-state index in [1.165, 1.54) is 46.1 Å². The van der Waals surface area contributed by atoms with Crippen LogP contribution in [0.25, 0.3) is 22.2 Å². The summed E-state index contributed by atoms with van der Waals surface area (Å²) in [7, 11) is 2.16. The van der Waals surface area contributed by atoms with E-state index in [0.29, 0.717) is 0 Å². The van der Waals surface area contributed by atoms with E-state index in [2.05, 4.69) is 93.9 Å². The predicted molar refractivity (Wildman–Crippen MR) is 105 cm³/mol. The van der Waals surface area contributed by atoms with Crippen LogP contribution in [0.15, 0.2) is 54.6 Å². The van der Waals surface area contributed by atoms with E-state index >= 15 is 0 Å². The van der Waals surface area contributed by atoms with Gasteiger partial charge in [0.1, 0.15) is 7.05 Å². The summed E-state index contributed by atoms with van der Waals surface area (Å²) >= 11 is 0. The number of para-hydroxylation sites is 1. The van der Waals surface area contributed by atoms with Crippen molar-refractivity contribution in [1.29, 1.82) is 0 Å². The van der Waals surface area contributed by atoms with Crippen molar-refractivity contribution in [3.63, 3.8) is 0 Å². The fourth-order valence-corrected chi connectivity index (χ4v) is 3.00. The third-order valence-corrected chi connectivity index (χ3v) is 4.20. The number of aryl methyl sites for hydroxylation is 3. The molecule has 0 aliphatic carbocycles. The van der Waals surface area contributed by atoms with Crippen molar-refractivity contribution in [2.45, 2.75) is 47.0 Å². The quantitative estimate of drug-likeness (QED) is 0.520. The lowest BCUT2D eigenvalue weighted by atomic mass is 9.99. The van der Waals surface area contributed by atoms with Crippen LogP contribution in [0.4, 0.5) is 0 Å². The summed E-state index contributed by atoms with van der Waals surface area (Å²) in [5.74, 6) is 0. The highest BCUT2D eigenvalue weighted by Crippen LogP contribution is 2.24. The molecule has 0 N–H and O–H groups in total. The molecule has 3 rings (SSSR count). The largest absolute Gasteiger partial charge is 0.213 e. The number of hydrogen-bond donors (Lipinski definition) is 0. The Morgan fingerprint density at radius 1 is 0.875 bits per heavy atom. The number of benzene rings is 2. The second-order valence-electron chi connectivity index (χ2n) is 6.44. The van der Waals surface area contributed by atoms with Crippen LogP contribution in [0.2, 0.25) is 0 Å². The van der Waals surface area contributed by atoms with Crippen molar-refractivity contribution in [2.24, 2.45) is 7.05 Å². The molecular formula is C23H30N+. The van der Waals surface area contributed by atoms with Crippen LogP contribution >= 0.6 is 0 Å². The number of pyridine rings is 1. The summed E-state index contributed by atoms with van der Waals surface area (Å²) in [5.41, 5.74) is 6.65. The first-order valence-corrected chi connectivity index (χ1v) is 9.10. The van der Waals surface area contributed by atoms with Crippen molar-refractivity contribution < 1.29 is 4.57 Å². The standard InChI is InChI=1S/C20H22N.C3H8/c1-4-7-16-11-10-15(2)18(14-16)20-13-12-17-8-5-6-9-19(17)21(20)3;1-3-2/h5-6,8-14H,4,7H2,1-3H3;3H2,1-2H3/q+1;. The van der Waals surface area contributed by atoms with Crippen molar-refractivity contribution in [3.8, 4) is 11.3 Å². The van der Waals surface area contributed by atoms with Gasteiger partial charge in [0.2, 0.25) is 11.2 Å². The van der Waals surface area contributed by atoms with Gasteiger partial charge in [-0.1, -0.05) is 57.9 Å². The summed E-state index contributed by atoms with van der Waals surface area (Å²) in [6.07, 6.45) is 3.58. The van der Waals surface area contributed by atoms with Gasteiger partial charge in [-0.25, -0.2) is 0 Å². The van der Waals surface area contributed by atoms with Crippen molar-refractivity contribution >= 4 is 10.9 Å². The zero-order valence-electron chi connectivity index (χ0n) is 15.8. The predicted octanol–water partition coefficient (Wildman–Crippen LogP) is 6.01. The molecule has 0 radical (unpaired) electrons. The molecule has 0 bridgehead atoms. The molecule has 24 heavy (non-hydrogen) atoms.